The molecule has 1 saturated carbocycles. The number of benzene rings is 1. The summed E-state index contributed by atoms with van der Waals surface area (Å²) >= 11 is 0. The van der Waals surface area contributed by atoms with Crippen LogP contribution in [0.3, 0.4) is 0 Å². The number of carbonyl (C=O) groups excluding carboxylic acids is 1. The van der Waals surface area contributed by atoms with Crippen LogP contribution in [0.2, 0.25) is 0 Å². The van der Waals surface area contributed by atoms with Crippen molar-refractivity contribution in [2.45, 2.75) is 44.4 Å². The summed E-state index contributed by atoms with van der Waals surface area (Å²) in [6.45, 7) is 1.51. The monoisotopic (exact) mass is 368 g/mol. The van der Waals surface area contributed by atoms with Gasteiger partial charge < -0.3 is 14.2 Å². The molecule has 4 rings (SSSR count). The molecule has 6 heteroatoms. The van der Waals surface area contributed by atoms with Crippen LogP contribution in [0.25, 0.3) is 11.5 Å². The highest BCUT2D eigenvalue weighted by atomic mass is 16.4. The van der Waals surface area contributed by atoms with E-state index in [-0.39, 0.29) is 11.8 Å². The molecule has 2 aromatic rings. The zero-order valence-corrected chi connectivity index (χ0v) is 16.2. The normalized spacial score (nSPS) is 20.8. The molecule has 0 bridgehead atoms. The Morgan fingerprint density at radius 2 is 1.81 bits per heavy atom. The van der Waals surface area contributed by atoms with Gasteiger partial charge in [0.2, 0.25) is 17.7 Å². The summed E-state index contributed by atoms with van der Waals surface area (Å²) in [5.74, 6) is 1.91. The third-order valence-electron chi connectivity index (χ3n) is 5.87. The van der Waals surface area contributed by atoms with Crippen molar-refractivity contribution in [1.82, 2.24) is 15.1 Å². The molecule has 2 aliphatic rings. The Morgan fingerprint density at radius 1 is 1.07 bits per heavy atom. The Kier molecular flexibility index (Phi) is 5.14. The van der Waals surface area contributed by atoms with Crippen LogP contribution < -0.4 is 4.90 Å². The molecule has 0 N–H and O–H groups in total. The molecule has 1 saturated heterocycles. The van der Waals surface area contributed by atoms with E-state index in [1.54, 1.807) is 0 Å². The van der Waals surface area contributed by atoms with E-state index in [0.29, 0.717) is 24.2 Å². The second-order valence-corrected chi connectivity index (χ2v) is 7.99. The molecule has 0 spiro atoms. The van der Waals surface area contributed by atoms with Gasteiger partial charge >= 0.3 is 0 Å². The van der Waals surface area contributed by atoms with Crippen molar-refractivity contribution in [1.29, 1.82) is 0 Å². The molecule has 1 amide bonds. The maximum absolute atomic E-state index is 12.7. The number of rotatable bonds is 4. The molecular formula is C21H28N4O2. The summed E-state index contributed by atoms with van der Waals surface area (Å²) in [6.07, 6.45) is 6.65. The van der Waals surface area contributed by atoms with Gasteiger partial charge in [-0.1, -0.05) is 19.3 Å². The Morgan fingerprint density at radius 3 is 2.52 bits per heavy atom. The fourth-order valence-electron chi connectivity index (χ4n) is 4.19. The predicted molar refractivity (Wildman–Crippen MR) is 105 cm³/mol. The zero-order valence-electron chi connectivity index (χ0n) is 16.2. The standard InChI is InChI=1S/C21H28N4O2/c1-24(2)18-10-8-15(9-11-18)19-22-23-20(27-19)17-12-13-25(14-17)21(26)16-6-4-3-5-7-16/h8-11,16-17H,3-7,12-14H2,1-2H3/t17-/m0/s1. The lowest BCUT2D eigenvalue weighted by molar-refractivity contribution is -0.135. The quantitative estimate of drug-likeness (QED) is 0.823. The van der Waals surface area contributed by atoms with Crippen molar-refractivity contribution in [3.8, 4) is 11.5 Å². The summed E-state index contributed by atoms with van der Waals surface area (Å²) < 4.78 is 5.95. The predicted octanol–water partition coefficient (Wildman–Crippen LogP) is 3.70. The first-order chi connectivity index (χ1) is 13.1. The maximum Gasteiger partial charge on any atom is 0.247 e. The number of nitrogens with zero attached hydrogens (tertiary/aromatic N) is 4. The van der Waals surface area contributed by atoms with Crippen LogP contribution in [0.1, 0.15) is 50.3 Å². The van der Waals surface area contributed by atoms with Gasteiger partial charge in [-0.2, -0.15) is 0 Å². The zero-order chi connectivity index (χ0) is 18.8. The third-order valence-corrected chi connectivity index (χ3v) is 5.87. The SMILES string of the molecule is CN(C)c1ccc(-c2nnc([C@H]3CCN(C(=O)C4CCCCC4)C3)o2)cc1. The molecule has 1 aliphatic heterocycles. The largest absolute Gasteiger partial charge is 0.420 e. The first-order valence-electron chi connectivity index (χ1n) is 10.0. The number of anilines is 1. The average Bonchev–Trinajstić information content (AvgIpc) is 3.38. The molecule has 0 radical (unpaired) electrons. The van der Waals surface area contributed by atoms with E-state index in [4.69, 9.17) is 4.42 Å². The third kappa shape index (κ3) is 3.84. The van der Waals surface area contributed by atoms with E-state index in [0.717, 1.165) is 37.1 Å². The van der Waals surface area contributed by atoms with Gasteiger partial charge in [0.15, 0.2) is 0 Å². The van der Waals surface area contributed by atoms with E-state index >= 15 is 0 Å². The molecule has 1 aromatic carbocycles. The van der Waals surface area contributed by atoms with E-state index in [2.05, 4.69) is 15.1 Å². The highest BCUT2D eigenvalue weighted by Gasteiger charge is 2.34. The first kappa shape index (κ1) is 18.0. The van der Waals surface area contributed by atoms with Crippen molar-refractivity contribution in [3.63, 3.8) is 0 Å². The summed E-state index contributed by atoms with van der Waals surface area (Å²) in [7, 11) is 4.03. The number of aromatic nitrogens is 2. The topological polar surface area (TPSA) is 62.5 Å². The van der Waals surface area contributed by atoms with Crippen molar-refractivity contribution in [2.75, 3.05) is 32.1 Å². The van der Waals surface area contributed by atoms with Crippen molar-refractivity contribution >= 4 is 11.6 Å². The van der Waals surface area contributed by atoms with Crippen LogP contribution in [-0.4, -0.2) is 48.2 Å². The highest BCUT2D eigenvalue weighted by molar-refractivity contribution is 5.79. The molecule has 2 fully saturated rings. The molecular weight excluding hydrogens is 340 g/mol. The van der Waals surface area contributed by atoms with Crippen LogP contribution >= 0.6 is 0 Å². The Bertz CT molecular complexity index is 778. The highest BCUT2D eigenvalue weighted by Crippen LogP contribution is 2.32. The molecule has 144 valence electrons. The second-order valence-electron chi connectivity index (χ2n) is 7.99. The van der Waals surface area contributed by atoms with E-state index < -0.39 is 0 Å². The number of likely N-dealkylation sites (tertiary alicyclic amines) is 1. The number of hydrogen-bond donors (Lipinski definition) is 0. The molecule has 1 aromatic heterocycles. The van der Waals surface area contributed by atoms with Crippen LogP contribution in [0.5, 0.6) is 0 Å². The number of hydrogen-bond acceptors (Lipinski definition) is 5. The van der Waals surface area contributed by atoms with E-state index in [1.165, 1.54) is 19.3 Å². The van der Waals surface area contributed by atoms with E-state index in [9.17, 15) is 4.79 Å². The van der Waals surface area contributed by atoms with Gasteiger partial charge in [0.1, 0.15) is 0 Å². The van der Waals surface area contributed by atoms with Gasteiger partial charge in [-0.15, -0.1) is 10.2 Å². The fraction of sp³-hybridized carbons (Fsp3) is 0.571. The number of amides is 1. The minimum absolute atomic E-state index is 0.153. The van der Waals surface area contributed by atoms with E-state index in [1.807, 2.05) is 43.3 Å². The molecule has 1 aliphatic carbocycles. The van der Waals surface area contributed by atoms with Gasteiger partial charge in [0.25, 0.3) is 0 Å². The van der Waals surface area contributed by atoms with Crippen LogP contribution in [0.4, 0.5) is 5.69 Å². The van der Waals surface area contributed by atoms with Crippen LogP contribution in [-0.2, 0) is 4.79 Å². The average molecular weight is 368 g/mol. The van der Waals surface area contributed by atoms with Gasteiger partial charge in [0.05, 0.1) is 5.92 Å². The smallest absolute Gasteiger partial charge is 0.247 e. The first-order valence-corrected chi connectivity index (χ1v) is 10.0. The van der Waals surface area contributed by atoms with Crippen molar-refractivity contribution in [2.24, 2.45) is 5.92 Å². The molecule has 2 heterocycles. The van der Waals surface area contributed by atoms with Gasteiger partial charge in [-0.3, -0.25) is 4.79 Å². The molecule has 6 nitrogen and oxygen atoms in total. The Balaban J connectivity index is 1.41. The van der Waals surface area contributed by atoms with Gasteiger partial charge in [0, 0.05) is 44.4 Å². The fourth-order valence-corrected chi connectivity index (χ4v) is 4.19. The van der Waals surface area contributed by atoms with Crippen molar-refractivity contribution in [3.05, 3.63) is 30.2 Å². The van der Waals surface area contributed by atoms with Gasteiger partial charge in [-0.05, 0) is 43.5 Å². The molecule has 1 atom stereocenters. The Labute approximate surface area is 160 Å². The number of carbonyl (C=O) groups is 1. The molecule has 0 unspecified atom stereocenters. The van der Waals surface area contributed by atoms with Gasteiger partial charge in [-0.25, -0.2) is 0 Å². The van der Waals surface area contributed by atoms with Crippen LogP contribution in [0.15, 0.2) is 28.7 Å². The summed E-state index contributed by atoms with van der Waals surface area (Å²) in [5, 5.41) is 8.50. The lowest BCUT2D eigenvalue weighted by Gasteiger charge is -2.26. The minimum atomic E-state index is 0.153. The minimum Gasteiger partial charge on any atom is -0.420 e. The summed E-state index contributed by atoms with van der Waals surface area (Å²) in [6, 6.07) is 8.08. The Hall–Kier alpha value is -2.37. The lowest BCUT2D eigenvalue weighted by atomic mass is 9.88. The maximum atomic E-state index is 12.7. The second kappa shape index (κ2) is 7.71. The summed E-state index contributed by atoms with van der Waals surface area (Å²) in [4.78, 5) is 16.8. The lowest BCUT2D eigenvalue weighted by Crippen LogP contribution is -2.35. The summed E-state index contributed by atoms with van der Waals surface area (Å²) in [5.41, 5.74) is 2.05. The van der Waals surface area contributed by atoms with Crippen LogP contribution in [0, 0.1) is 5.92 Å². The van der Waals surface area contributed by atoms with Crippen molar-refractivity contribution < 1.29 is 9.21 Å². The molecule has 27 heavy (non-hydrogen) atoms.